The molecule has 0 heterocycles. The molecule has 1 saturated carbocycles. The lowest BCUT2D eigenvalue weighted by atomic mass is 9.89. The number of hydrogen-bond acceptors (Lipinski definition) is 2. The fourth-order valence-corrected chi connectivity index (χ4v) is 2.64. The molecule has 1 aliphatic rings. The molecule has 0 aliphatic heterocycles. The minimum atomic E-state index is -0.182. The zero-order valence-electron chi connectivity index (χ0n) is 10.3. The Kier molecular flexibility index (Phi) is 3.20. The molecule has 2 nitrogen and oxygen atoms in total. The second-order valence-corrected chi connectivity index (χ2v) is 5.22. The number of nitrogens with two attached hydrogens (primary N) is 1. The van der Waals surface area contributed by atoms with Crippen LogP contribution in [0.4, 0.5) is 5.69 Å². The molecule has 0 bridgehead atoms. The molecule has 0 radical (unpaired) electrons. The summed E-state index contributed by atoms with van der Waals surface area (Å²) in [5.41, 5.74) is 9.95. The van der Waals surface area contributed by atoms with Crippen LogP contribution in [0.15, 0.2) is 18.2 Å². The van der Waals surface area contributed by atoms with Gasteiger partial charge in [-0.15, -0.1) is 0 Å². The predicted molar refractivity (Wildman–Crippen MR) is 69.5 cm³/mol. The molecule has 2 heteroatoms. The Bertz CT molecular complexity index is 345. The molecule has 0 amide bonds. The van der Waals surface area contributed by atoms with E-state index in [2.05, 4.69) is 37.4 Å². The summed E-state index contributed by atoms with van der Waals surface area (Å²) in [6.45, 7) is 4.25. The zero-order valence-corrected chi connectivity index (χ0v) is 10.3. The van der Waals surface area contributed by atoms with Gasteiger partial charge in [-0.1, -0.05) is 12.5 Å². The Labute approximate surface area is 98.2 Å². The number of anilines is 1. The SMILES string of the molecule is Cc1cc(C)cc(NC2(N)CCCCC2)c1. The van der Waals surface area contributed by atoms with Crippen LogP contribution in [0.1, 0.15) is 43.2 Å². The van der Waals surface area contributed by atoms with Gasteiger partial charge in [0.05, 0.1) is 5.66 Å². The molecule has 3 N–H and O–H groups in total. The first-order valence-electron chi connectivity index (χ1n) is 6.23. The minimum absolute atomic E-state index is 0.182. The lowest BCUT2D eigenvalue weighted by Gasteiger charge is -2.35. The second kappa shape index (κ2) is 4.46. The molecule has 1 aromatic carbocycles. The van der Waals surface area contributed by atoms with Crippen LogP contribution in [0.25, 0.3) is 0 Å². The van der Waals surface area contributed by atoms with Gasteiger partial charge in [-0.2, -0.15) is 0 Å². The van der Waals surface area contributed by atoms with Gasteiger partial charge < -0.3 is 11.1 Å². The first-order chi connectivity index (χ1) is 7.57. The van der Waals surface area contributed by atoms with E-state index in [1.54, 1.807) is 0 Å². The monoisotopic (exact) mass is 218 g/mol. The first-order valence-corrected chi connectivity index (χ1v) is 6.23. The summed E-state index contributed by atoms with van der Waals surface area (Å²) in [5.74, 6) is 0. The average molecular weight is 218 g/mol. The summed E-state index contributed by atoms with van der Waals surface area (Å²) in [5, 5.41) is 3.52. The molecule has 0 spiro atoms. The highest BCUT2D eigenvalue weighted by molar-refractivity contribution is 5.50. The quantitative estimate of drug-likeness (QED) is 0.747. The van der Waals surface area contributed by atoms with Crippen molar-refractivity contribution in [2.24, 2.45) is 5.73 Å². The molecular weight excluding hydrogens is 196 g/mol. The third kappa shape index (κ3) is 2.76. The van der Waals surface area contributed by atoms with Gasteiger partial charge in [0.2, 0.25) is 0 Å². The maximum absolute atomic E-state index is 6.38. The van der Waals surface area contributed by atoms with E-state index < -0.39 is 0 Å². The zero-order chi connectivity index (χ0) is 11.6. The molecule has 0 saturated heterocycles. The normalized spacial score (nSPS) is 19.4. The van der Waals surface area contributed by atoms with Crippen LogP contribution in [-0.4, -0.2) is 5.66 Å². The van der Waals surface area contributed by atoms with Crippen LogP contribution in [-0.2, 0) is 0 Å². The van der Waals surface area contributed by atoms with Crippen molar-refractivity contribution in [2.45, 2.75) is 51.6 Å². The third-order valence-electron chi connectivity index (χ3n) is 3.36. The minimum Gasteiger partial charge on any atom is -0.367 e. The van der Waals surface area contributed by atoms with Crippen LogP contribution in [0.5, 0.6) is 0 Å². The van der Waals surface area contributed by atoms with Gasteiger partial charge in [-0.05, 0) is 62.8 Å². The molecule has 1 aromatic rings. The van der Waals surface area contributed by atoms with Gasteiger partial charge >= 0.3 is 0 Å². The van der Waals surface area contributed by atoms with Crippen molar-refractivity contribution in [1.29, 1.82) is 0 Å². The maximum atomic E-state index is 6.38. The Hall–Kier alpha value is -1.02. The van der Waals surface area contributed by atoms with Crippen LogP contribution >= 0.6 is 0 Å². The van der Waals surface area contributed by atoms with Crippen LogP contribution in [0, 0.1) is 13.8 Å². The van der Waals surface area contributed by atoms with Crippen LogP contribution in [0.2, 0.25) is 0 Å². The van der Waals surface area contributed by atoms with Crippen molar-refractivity contribution in [3.63, 3.8) is 0 Å². The lowest BCUT2D eigenvalue weighted by Crippen LogP contribution is -2.49. The highest BCUT2D eigenvalue weighted by Gasteiger charge is 2.26. The molecular formula is C14H22N2. The molecule has 16 heavy (non-hydrogen) atoms. The van der Waals surface area contributed by atoms with Crippen molar-refractivity contribution >= 4 is 5.69 Å². The van der Waals surface area contributed by atoms with E-state index in [9.17, 15) is 0 Å². The van der Waals surface area contributed by atoms with Gasteiger partial charge in [0, 0.05) is 5.69 Å². The van der Waals surface area contributed by atoms with E-state index in [1.807, 2.05) is 0 Å². The smallest absolute Gasteiger partial charge is 0.0856 e. The molecule has 2 rings (SSSR count). The van der Waals surface area contributed by atoms with Gasteiger partial charge in [0.15, 0.2) is 0 Å². The number of hydrogen-bond donors (Lipinski definition) is 2. The molecule has 1 aliphatic carbocycles. The van der Waals surface area contributed by atoms with Crippen LogP contribution in [0.3, 0.4) is 0 Å². The van der Waals surface area contributed by atoms with Crippen molar-refractivity contribution in [2.75, 3.05) is 5.32 Å². The van der Waals surface area contributed by atoms with Crippen molar-refractivity contribution in [1.82, 2.24) is 0 Å². The van der Waals surface area contributed by atoms with Gasteiger partial charge in [0.25, 0.3) is 0 Å². The second-order valence-electron chi connectivity index (χ2n) is 5.22. The van der Waals surface area contributed by atoms with Crippen molar-refractivity contribution in [3.8, 4) is 0 Å². The Balaban J connectivity index is 2.13. The number of aryl methyl sites for hydroxylation is 2. The third-order valence-corrected chi connectivity index (χ3v) is 3.36. The molecule has 1 fully saturated rings. The highest BCUT2D eigenvalue weighted by Crippen LogP contribution is 2.28. The Morgan fingerprint density at radius 3 is 2.12 bits per heavy atom. The van der Waals surface area contributed by atoms with Crippen molar-refractivity contribution in [3.05, 3.63) is 29.3 Å². The largest absolute Gasteiger partial charge is 0.367 e. The highest BCUT2D eigenvalue weighted by atomic mass is 15.1. The fraction of sp³-hybridized carbons (Fsp3) is 0.571. The van der Waals surface area contributed by atoms with E-state index >= 15 is 0 Å². The molecule has 0 atom stereocenters. The molecule has 88 valence electrons. The van der Waals surface area contributed by atoms with Gasteiger partial charge in [-0.25, -0.2) is 0 Å². The predicted octanol–water partition coefficient (Wildman–Crippen LogP) is 3.33. The average Bonchev–Trinajstić information content (AvgIpc) is 2.15. The summed E-state index contributed by atoms with van der Waals surface area (Å²) in [4.78, 5) is 0. The van der Waals surface area contributed by atoms with Gasteiger partial charge in [-0.3, -0.25) is 0 Å². The maximum Gasteiger partial charge on any atom is 0.0856 e. The Morgan fingerprint density at radius 2 is 1.56 bits per heavy atom. The summed E-state index contributed by atoms with van der Waals surface area (Å²) < 4.78 is 0. The Morgan fingerprint density at radius 1 is 1.00 bits per heavy atom. The summed E-state index contributed by atoms with van der Waals surface area (Å²) in [7, 11) is 0. The van der Waals surface area contributed by atoms with Gasteiger partial charge in [0.1, 0.15) is 0 Å². The van der Waals surface area contributed by atoms with E-state index in [0.717, 1.165) is 12.8 Å². The van der Waals surface area contributed by atoms with Crippen LogP contribution < -0.4 is 11.1 Å². The molecule has 0 unspecified atom stereocenters. The topological polar surface area (TPSA) is 38.0 Å². The summed E-state index contributed by atoms with van der Waals surface area (Å²) in [6, 6.07) is 6.54. The van der Waals surface area contributed by atoms with E-state index in [-0.39, 0.29) is 5.66 Å². The standard InChI is InChI=1S/C14H22N2/c1-11-8-12(2)10-13(9-11)16-14(15)6-4-3-5-7-14/h8-10,16H,3-7,15H2,1-2H3. The summed E-state index contributed by atoms with van der Waals surface area (Å²) in [6.07, 6.45) is 5.98. The fourth-order valence-electron chi connectivity index (χ4n) is 2.64. The molecule has 0 aromatic heterocycles. The number of rotatable bonds is 2. The number of nitrogens with one attached hydrogen (secondary N) is 1. The van der Waals surface area contributed by atoms with E-state index in [1.165, 1.54) is 36.1 Å². The van der Waals surface area contributed by atoms with E-state index in [4.69, 9.17) is 5.73 Å². The summed E-state index contributed by atoms with van der Waals surface area (Å²) >= 11 is 0. The lowest BCUT2D eigenvalue weighted by molar-refractivity contribution is 0.333. The van der Waals surface area contributed by atoms with E-state index in [0.29, 0.717) is 0 Å². The van der Waals surface area contributed by atoms with Crippen molar-refractivity contribution < 1.29 is 0 Å². The first kappa shape index (κ1) is 11.5. The number of benzene rings is 1.